The minimum atomic E-state index is -1.05. The van der Waals surface area contributed by atoms with E-state index in [2.05, 4.69) is 5.32 Å². The number of hydrogen-bond donors (Lipinski definition) is 2. The molecule has 130 valence electrons. The number of rotatable bonds is 7. The molecule has 2 aromatic rings. The number of nitrogens with one attached hydrogen (secondary N) is 1. The Bertz CT molecular complexity index is 723. The van der Waals surface area contributed by atoms with Crippen molar-refractivity contribution in [1.82, 2.24) is 5.32 Å². The predicted octanol–water partition coefficient (Wildman–Crippen LogP) is 3.04. The maximum Gasteiger partial charge on any atom is 0.326 e. The molecule has 0 saturated heterocycles. The van der Waals surface area contributed by atoms with Gasteiger partial charge in [0.05, 0.1) is 6.10 Å². The van der Waals surface area contributed by atoms with Crippen LogP contribution >= 0.6 is 0 Å². The van der Waals surface area contributed by atoms with Crippen molar-refractivity contribution in [3.63, 3.8) is 0 Å². The summed E-state index contributed by atoms with van der Waals surface area (Å²) >= 11 is 0. The molecule has 1 aliphatic rings. The monoisotopic (exact) mass is 339 g/mol. The number of carboxylic acid groups (broad SMARTS) is 1. The molecule has 5 heteroatoms. The van der Waals surface area contributed by atoms with E-state index in [1.54, 1.807) is 24.3 Å². The highest BCUT2D eigenvalue weighted by molar-refractivity contribution is 5.96. The summed E-state index contributed by atoms with van der Waals surface area (Å²) in [6, 6.07) is 15.1. The van der Waals surface area contributed by atoms with Gasteiger partial charge in [-0.05, 0) is 49.1 Å². The molecule has 1 saturated carbocycles. The number of hydrogen-bond acceptors (Lipinski definition) is 3. The van der Waals surface area contributed by atoms with Gasteiger partial charge in [-0.3, -0.25) is 4.79 Å². The zero-order valence-corrected chi connectivity index (χ0v) is 13.9. The molecular formula is C20H21NO4. The van der Waals surface area contributed by atoms with E-state index >= 15 is 0 Å². The van der Waals surface area contributed by atoms with E-state index in [1.165, 1.54) is 6.42 Å². The summed E-state index contributed by atoms with van der Waals surface area (Å²) in [7, 11) is 0. The first-order chi connectivity index (χ1) is 12.1. The fraction of sp³-hybridized carbons (Fsp3) is 0.300. The molecule has 0 heterocycles. The van der Waals surface area contributed by atoms with Crippen LogP contribution in [-0.2, 0) is 11.2 Å². The van der Waals surface area contributed by atoms with Crippen molar-refractivity contribution in [3.8, 4) is 5.75 Å². The lowest BCUT2D eigenvalue weighted by Gasteiger charge is -2.26. The van der Waals surface area contributed by atoms with Crippen LogP contribution in [0.1, 0.15) is 35.2 Å². The Morgan fingerprint density at radius 3 is 2.32 bits per heavy atom. The Kier molecular flexibility index (Phi) is 5.33. The Balaban J connectivity index is 1.61. The summed E-state index contributed by atoms with van der Waals surface area (Å²) in [5.74, 6) is -0.721. The maximum atomic E-state index is 12.3. The number of aliphatic carboxylic acids is 1. The topological polar surface area (TPSA) is 75.6 Å². The molecule has 1 fully saturated rings. The van der Waals surface area contributed by atoms with Crippen LogP contribution < -0.4 is 10.1 Å². The van der Waals surface area contributed by atoms with E-state index in [0.717, 1.165) is 24.2 Å². The summed E-state index contributed by atoms with van der Waals surface area (Å²) < 4.78 is 5.76. The van der Waals surface area contributed by atoms with Crippen LogP contribution in [0.25, 0.3) is 0 Å². The van der Waals surface area contributed by atoms with Crippen molar-refractivity contribution in [2.45, 2.75) is 37.8 Å². The average molecular weight is 339 g/mol. The van der Waals surface area contributed by atoms with E-state index in [0.29, 0.717) is 5.56 Å². The number of carbonyl (C=O) groups excluding carboxylic acids is 1. The third-order valence-electron chi connectivity index (χ3n) is 4.36. The lowest BCUT2D eigenvalue weighted by atomic mass is 9.96. The minimum absolute atomic E-state index is 0.241. The number of benzene rings is 2. The fourth-order valence-electron chi connectivity index (χ4n) is 2.66. The van der Waals surface area contributed by atoms with Crippen molar-refractivity contribution in [3.05, 3.63) is 65.7 Å². The molecular weight excluding hydrogens is 318 g/mol. The third-order valence-corrected chi connectivity index (χ3v) is 4.36. The first-order valence-electron chi connectivity index (χ1n) is 8.46. The largest absolute Gasteiger partial charge is 0.490 e. The Labute approximate surface area is 146 Å². The first-order valence-corrected chi connectivity index (χ1v) is 8.46. The molecule has 25 heavy (non-hydrogen) atoms. The average Bonchev–Trinajstić information content (AvgIpc) is 2.59. The Morgan fingerprint density at radius 2 is 1.76 bits per heavy atom. The smallest absolute Gasteiger partial charge is 0.326 e. The molecule has 1 amide bonds. The summed E-state index contributed by atoms with van der Waals surface area (Å²) in [5, 5.41) is 12.0. The van der Waals surface area contributed by atoms with Gasteiger partial charge in [0.1, 0.15) is 11.8 Å². The van der Waals surface area contributed by atoms with E-state index in [1.807, 2.05) is 30.3 Å². The van der Waals surface area contributed by atoms with Gasteiger partial charge >= 0.3 is 5.97 Å². The number of amides is 1. The van der Waals surface area contributed by atoms with Crippen LogP contribution in [-0.4, -0.2) is 29.1 Å². The lowest BCUT2D eigenvalue weighted by molar-refractivity contribution is -0.139. The van der Waals surface area contributed by atoms with E-state index in [9.17, 15) is 14.7 Å². The summed E-state index contributed by atoms with van der Waals surface area (Å²) in [5.41, 5.74) is 1.28. The minimum Gasteiger partial charge on any atom is -0.490 e. The summed E-state index contributed by atoms with van der Waals surface area (Å²) in [4.78, 5) is 23.8. The second-order valence-corrected chi connectivity index (χ2v) is 6.25. The second-order valence-electron chi connectivity index (χ2n) is 6.25. The van der Waals surface area contributed by atoms with Gasteiger partial charge in [0.15, 0.2) is 0 Å². The van der Waals surface area contributed by atoms with Gasteiger partial charge in [0.25, 0.3) is 5.91 Å². The molecule has 1 aliphatic carbocycles. The van der Waals surface area contributed by atoms with Crippen LogP contribution in [0.5, 0.6) is 5.75 Å². The highest BCUT2D eigenvalue weighted by atomic mass is 16.5. The molecule has 0 radical (unpaired) electrons. The standard InChI is InChI=1S/C20H21NO4/c22-19(15-9-11-17(12-10-15)25-16-7-4-8-16)21-18(20(23)24)13-14-5-2-1-3-6-14/h1-3,5-6,9-12,16,18H,4,7-8,13H2,(H,21,22)(H,23,24)/t18-/m1/s1. The van der Waals surface area contributed by atoms with E-state index < -0.39 is 17.9 Å². The molecule has 0 spiro atoms. The van der Waals surface area contributed by atoms with E-state index in [4.69, 9.17) is 4.74 Å². The highest BCUT2D eigenvalue weighted by Crippen LogP contribution is 2.25. The van der Waals surface area contributed by atoms with E-state index in [-0.39, 0.29) is 12.5 Å². The Hall–Kier alpha value is -2.82. The quantitative estimate of drug-likeness (QED) is 0.813. The van der Waals surface area contributed by atoms with Crippen molar-refractivity contribution < 1.29 is 19.4 Å². The second kappa shape index (κ2) is 7.83. The van der Waals surface area contributed by atoms with Crippen molar-refractivity contribution >= 4 is 11.9 Å². The zero-order valence-electron chi connectivity index (χ0n) is 13.9. The van der Waals surface area contributed by atoms with Gasteiger partial charge in [0.2, 0.25) is 0 Å². The molecule has 0 unspecified atom stereocenters. The molecule has 3 rings (SSSR count). The first kappa shape index (κ1) is 17.0. The zero-order chi connectivity index (χ0) is 17.6. The van der Waals surface area contributed by atoms with Crippen LogP contribution in [0.15, 0.2) is 54.6 Å². The molecule has 0 aromatic heterocycles. The normalized spacial score (nSPS) is 15.0. The van der Waals surface area contributed by atoms with Gasteiger partial charge in [-0.15, -0.1) is 0 Å². The van der Waals surface area contributed by atoms with Crippen LogP contribution in [0, 0.1) is 0 Å². The Morgan fingerprint density at radius 1 is 1.08 bits per heavy atom. The number of ether oxygens (including phenoxy) is 1. The summed E-state index contributed by atoms with van der Waals surface area (Å²) in [6.07, 6.45) is 3.86. The lowest BCUT2D eigenvalue weighted by Crippen LogP contribution is -2.42. The van der Waals surface area contributed by atoms with Crippen LogP contribution in [0.2, 0.25) is 0 Å². The molecule has 2 N–H and O–H groups in total. The predicted molar refractivity (Wildman–Crippen MR) is 93.7 cm³/mol. The van der Waals surface area contributed by atoms with Crippen molar-refractivity contribution in [1.29, 1.82) is 0 Å². The molecule has 0 bridgehead atoms. The maximum absolute atomic E-state index is 12.3. The van der Waals surface area contributed by atoms with Gasteiger partial charge < -0.3 is 15.2 Å². The number of carboxylic acids is 1. The number of carbonyl (C=O) groups is 2. The third kappa shape index (κ3) is 4.59. The molecule has 0 aliphatic heterocycles. The molecule has 5 nitrogen and oxygen atoms in total. The van der Waals surface area contributed by atoms with Gasteiger partial charge in [-0.25, -0.2) is 4.79 Å². The SMILES string of the molecule is O=C(N[C@H](Cc1ccccc1)C(=O)O)c1ccc(OC2CCC2)cc1. The molecule has 2 aromatic carbocycles. The van der Waals surface area contributed by atoms with Gasteiger partial charge in [0, 0.05) is 12.0 Å². The molecule has 1 atom stereocenters. The van der Waals surface area contributed by atoms with Crippen LogP contribution in [0.3, 0.4) is 0 Å². The summed E-state index contributed by atoms with van der Waals surface area (Å²) in [6.45, 7) is 0. The fourth-order valence-corrected chi connectivity index (χ4v) is 2.66. The van der Waals surface area contributed by atoms with Crippen LogP contribution in [0.4, 0.5) is 0 Å². The van der Waals surface area contributed by atoms with Gasteiger partial charge in [-0.2, -0.15) is 0 Å². The van der Waals surface area contributed by atoms with Gasteiger partial charge in [-0.1, -0.05) is 30.3 Å². The van der Waals surface area contributed by atoms with Crippen molar-refractivity contribution in [2.75, 3.05) is 0 Å². The highest BCUT2D eigenvalue weighted by Gasteiger charge is 2.22. The van der Waals surface area contributed by atoms with Crippen molar-refractivity contribution in [2.24, 2.45) is 0 Å².